The fourth-order valence-corrected chi connectivity index (χ4v) is 2.82. The van der Waals surface area contributed by atoms with E-state index in [-0.39, 0.29) is 6.03 Å². The van der Waals surface area contributed by atoms with E-state index in [0.717, 1.165) is 30.8 Å². The lowest BCUT2D eigenvalue weighted by molar-refractivity contribution is 0.247. The first-order valence-electron chi connectivity index (χ1n) is 7.51. The normalized spacial score (nSPS) is 19.0. The van der Waals surface area contributed by atoms with Crippen LogP contribution in [-0.4, -0.2) is 36.6 Å². The maximum absolute atomic E-state index is 12.0. The molecule has 1 atom stereocenters. The van der Waals surface area contributed by atoms with Gasteiger partial charge in [0.2, 0.25) is 0 Å². The summed E-state index contributed by atoms with van der Waals surface area (Å²) in [7, 11) is 0. The van der Waals surface area contributed by atoms with Crippen LogP contribution in [0.1, 0.15) is 25.8 Å². The van der Waals surface area contributed by atoms with E-state index in [9.17, 15) is 4.79 Å². The number of carbonyl (C=O) groups excluding carboxylic acids is 1. The highest BCUT2D eigenvalue weighted by Crippen LogP contribution is 2.23. The molecular weight excluding hydrogens is 286 g/mol. The molecule has 0 saturated carbocycles. The molecule has 1 aliphatic heterocycles. The first-order valence-corrected chi connectivity index (χ1v) is 7.89. The highest BCUT2D eigenvalue weighted by Gasteiger charge is 2.24. The van der Waals surface area contributed by atoms with Crippen molar-refractivity contribution in [3.8, 4) is 0 Å². The molecular formula is C16H24ClN3O. The fraction of sp³-hybridized carbons (Fsp3) is 0.562. The van der Waals surface area contributed by atoms with Crippen LogP contribution in [0.4, 0.5) is 10.5 Å². The first kappa shape index (κ1) is 16.1. The molecule has 0 aliphatic carbocycles. The Kier molecular flexibility index (Phi) is 5.48. The van der Waals surface area contributed by atoms with E-state index in [1.807, 2.05) is 25.1 Å². The summed E-state index contributed by atoms with van der Waals surface area (Å²) < 4.78 is 0. The Labute approximate surface area is 131 Å². The van der Waals surface area contributed by atoms with Gasteiger partial charge in [-0.1, -0.05) is 17.7 Å². The zero-order valence-corrected chi connectivity index (χ0v) is 13.7. The van der Waals surface area contributed by atoms with Gasteiger partial charge in [0.15, 0.2) is 0 Å². The quantitative estimate of drug-likeness (QED) is 0.894. The predicted octanol–water partition coefficient (Wildman–Crippen LogP) is 3.50. The lowest BCUT2D eigenvalue weighted by atomic mass is 10.1. The number of nitrogens with one attached hydrogen (secondary N) is 2. The molecule has 1 fully saturated rings. The number of hydrogen-bond acceptors (Lipinski definition) is 2. The van der Waals surface area contributed by atoms with Crippen molar-refractivity contribution in [2.75, 3.05) is 25.0 Å². The number of anilines is 1. The molecule has 2 N–H and O–H groups in total. The molecule has 1 heterocycles. The van der Waals surface area contributed by atoms with E-state index in [4.69, 9.17) is 11.6 Å². The first-order chi connectivity index (χ1) is 9.97. The van der Waals surface area contributed by atoms with Crippen molar-refractivity contribution in [2.45, 2.75) is 33.2 Å². The van der Waals surface area contributed by atoms with Crippen LogP contribution in [0.15, 0.2) is 18.2 Å². The van der Waals surface area contributed by atoms with Crippen LogP contribution in [0.25, 0.3) is 0 Å². The van der Waals surface area contributed by atoms with Crippen LogP contribution in [0.2, 0.25) is 5.02 Å². The Morgan fingerprint density at radius 2 is 2.24 bits per heavy atom. The Morgan fingerprint density at radius 3 is 2.90 bits per heavy atom. The third-order valence-corrected chi connectivity index (χ3v) is 4.52. The van der Waals surface area contributed by atoms with Crippen molar-refractivity contribution in [2.24, 2.45) is 5.92 Å². The van der Waals surface area contributed by atoms with Crippen LogP contribution in [0.5, 0.6) is 0 Å². The van der Waals surface area contributed by atoms with Crippen molar-refractivity contribution in [3.63, 3.8) is 0 Å². The summed E-state index contributed by atoms with van der Waals surface area (Å²) in [5.41, 5.74) is 1.65. The zero-order chi connectivity index (χ0) is 15.4. The van der Waals surface area contributed by atoms with Gasteiger partial charge in [-0.25, -0.2) is 4.79 Å². The predicted molar refractivity (Wildman–Crippen MR) is 88.0 cm³/mol. The minimum absolute atomic E-state index is 0.164. The number of carbonyl (C=O) groups is 1. The standard InChI is InChI=1S/C16H24ClN3O/c1-11(2)20-8-7-13(10-20)9-18-16(21)19-15-6-4-5-14(17)12(15)3/h4-6,11,13H,7-10H2,1-3H3,(H2,18,19,21)/t13-/m1/s1. The maximum Gasteiger partial charge on any atom is 0.319 e. The van der Waals surface area contributed by atoms with Gasteiger partial charge >= 0.3 is 6.03 Å². The molecule has 1 aromatic rings. The molecule has 1 aliphatic rings. The lowest BCUT2D eigenvalue weighted by Crippen LogP contribution is -2.35. The van der Waals surface area contributed by atoms with E-state index in [1.54, 1.807) is 0 Å². The minimum Gasteiger partial charge on any atom is -0.338 e. The van der Waals surface area contributed by atoms with Gasteiger partial charge in [-0.05, 0) is 57.4 Å². The van der Waals surface area contributed by atoms with Crippen molar-refractivity contribution < 1.29 is 4.79 Å². The number of benzene rings is 1. The summed E-state index contributed by atoms with van der Waals surface area (Å²) in [5, 5.41) is 6.48. The molecule has 5 heteroatoms. The van der Waals surface area contributed by atoms with E-state index < -0.39 is 0 Å². The summed E-state index contributed by atoms with van der Waals surface area (Å²) in [5.74, 6) is 0.540. The van der Waals surface area contributed by atoms with Gasteiger partial charge in [-0.15, -0.1) is 0 Å². The van der Waals surface area contributed by atoms with Gasteiger partial charge in [0.05, 0.1) is 0 Å². The molecule has 0 radical (unpaired) electrons. The highest BCUT2D eigenvalue weighted by atomic mass is 35.5. The number of amides is 2. The molecule has 2 amide bonds. The monoisotopic (exact) mass is 309 g/mol. The number of rotatable bonds is 4. The molecule has 0 spiro atoms. The van der Waals surface area contributed by atoms with E-state index >= 15 is 0 Å². The Morgan fingerprint density at radius 1 is 1.48 bits per heavy atom. The third-order valence-electron chi connectivity index (χ3n) is 4.11. The second-order valence-electron chi connectivity index (χ2n) is 5.99. The number of hydrogen-bond donors (Lipinski definition) is 2. The summed E-state index contributed by atoms with van der Waals surface area (Å²) in [6, 6.07) is 5.93. The topological polar surface area (TPSA) is 44.4 Å². The van der Waals surface area contributed by atoms with Crippen molar-refractivity contribution >= 4 is 23.3 Å². The average molecular weight is 310 g/mol. The van der Waals surface area contributed by atoms with Crippen LogP contribution >= 0.6 is 11.6 Å². The third kappa shape index (κ3) is 4.35. The van der Waals surface area contributed by atoms with Crippen LogP contribution in [0.3, 0.4) is 0 Å². The van der Waals surface area contributed by atoms with Crippen LogP contribution in [-0.2, 0) is 0 Å². The molecule has 4 nitrogen and oxygen atoms in total. The van der Waals surface area contributed by atoms with Gasteiger partial charge in [0.1, 0.15) is 0 Å². The maximum atomic E-state index is 12.0. The van der Waals surface area contributed by atoms with Gasteiger partial charge in [0, 0.05) is 29.8 Å². The second-order valence-corrected chi connectivity index (χ2v) is 6.40. The fourth-order valence-electron chi connectivity index (χ4n) is 2.64. The number of nitrogens with zero attached hydrogens (tertiary/aromatic N) is 1. The number of likely N-dealkylation sites (tertiary alicyclic amines) is 1. The number of halogens is 1. The molecule has 1 aromatic carbocycles. The summed E-state index contributed by atoms with van der Waals surface area (Å²) in [6.07, 6.45) is 1.15. The van der Waals surface area contributed by atoms with Gasteiger partial charge in [-0.3, -0.25) is 0 Å². The largest absolute Gasteiger partial charge is 0.338 e. The van der Waals surface area contributed by atoms with E-state index in [1.165, 1.54) is 0 Å². The van der Waals surface area contributed by atoms with Crippen LogP contribution < -0.4 is 10.6 Å². The van der Waals surface area contributed by atoms with Gasteiger partial charge < -0.3 is 15.5 Å². The molecule has 0 unspecified atom stereocenters. The molecule has 1 saturated heterocycles. The van der Waals surface area contributed by atoms with Crippen molar-refractivity contribution in [3.05, 3.63) is 28.8 Å². The smallest absolute Gasteiger partial charge is 0.319 e. The zero-order valence-electron chi connectivity index (χ0n) is 12.9. The van der Waals surface area contributed by atoms with E-state index in [2.05, 4.69) is 29.4 Å². The average Bonchev–Trinajstić information content (AvgIpc) is 2.91. The van der Waals surface area contributed by atoms with Gasteiger partial charge in [-0.2, -0.15) is 0 Å². The summed E-state index contributed by atoms with van der Waals surface area (Å²) >= 11 is 6.05. The molecule has 0 aromatic heterocycles. The minimum atomic E-state index is -0.164. The number of urea groups is 1. The molecule has 2 rings (SSSR count). The Balaban J connectivity index is 1.79. The highest BCUT2D eigenvalue weighted by molar-refractivity contribution is 6.31. The van der Waals surface area contributed by atoms with Crippen molar-refractivity contribution in [1.29, 1.82) is 0 Å². The Hall–Kier alpha value is -1.26. The molecule has 0 bridgehead atoms. The lowest BCUT2D eigenvalue weighted by Gasteiger charge is -2.20. The Bertz CT molecular complexity index is 504. The molecule has 116 valence electrons. The van der Waals surface area contributed by atoms with Gasteiger partial charge in [0.25, 0.3) is 0 Å². The molecule has 21 heavy (non-hydrogen) atoms. The van der Waals surface area contributed by atoms with Crippen LogP contribution in [0, 0.1) is 12.8 Å². The van der Waals surface area contributed by atoms with Crippen molar-refractivity contribution in [1.82, 2.24) is 10.2 Å². The second kappa shape index (κ2) is 7.14. The summed E-state index contributed by atoms with van der Waals surface area (Å²) in [6.45, 7) is 9.23. The SMILES string of the molecule is Cc1c(Cl)cccc1NC(=O)NC[C@H]1CCN(C(C)C)C1. The van der Waals surface area contributed by atoms with E-state index in [0.29, 0.717) is 23.5 Å². The summed E-state index contributed by atoms with van der Waals surface area (Å²) in [4.78, 5) is 14.4.